The summed E-state index contributed by atoms with van der Waals surface area (Å²) in [4.78, 5) is 25.5. The van der Waals surface area contributed by atoms with E-state index in [4.69, 9.17) is 11.6 Å². The van der Waals surface area contributed by atoms with Gasteiger partial charge in [-0.15, -0.1) is 0 Å². The van der Waals surface area contributed by atoms with Gasteiger partial charge in [-0.05, 0) is 75.4 Å². The van der Waals surface area contributed by atoms with Crippen molar-refractivity contribution in [2.45, 2.75) is 47.0 Å². The summed E-state index contributed by atoms with van der Waals surface area (Å²) >= 11 is 6.47. The van der Waals surface area contributed by atoms with E-state index >= 15 is 8.78 Å². The molecule has 3 aromatic heterocycles. The lowest BCUT2D eigenvalue weighted by atomic mass is 9.94. The van der Waals surface area contributed by atoms with E-state index in [9.17, 15) is 9.18 Å². The monoisotopic (exact) mass is 580 g/mol. The van der Waals surface area contributed by atoms with Crippen LogP contribution in [0.1, 0.15) is 53.8 Å². The van der Waals surface area contributed by atoms with Crippen molar-refractivity contribution < 1.29 is 13.2 Å². The van der Waals surface area contributed by atoms with Crippen LogP contribution >= 0.6 is 11.6 Å². The van der Waals surface area contributed by atoms with Crippen molar-refractivity contribution in [1.29, 1.82) is 0 Å². The summed E-state index contributed by atoms with van der Waals surface area (Å²) in [5, 5.41) is 4.12. The first kappa shape index (κ1) is 29.7. The van der Waals surface area contributed by atoms with Gasteiger partial charge < -0.3 is 0 Å². The predicted octanol–water partition coefficient (Wildman–Crippen LogP) is 6.82. The van der Waals surface area contributed by atoms with Crippen molar-refractivity contribution in [3.05, 3.63) is 122 Å². The molecule has 7 nitrogen and oxygen atoms in total. The highest BCUT2D eigenvalue weighted by molar-refractivity contribution is 6.31. The first-order valence-electron chi connectivity index (χ1n) is 12.8. The second-order valence-electron chi connectivity index (χ2n) is 9.54. The summed E-state index contributed by atoms with van der Waals surface area (Å²) in [5.41, 5.74) is 0.527. The van der Waals surface area contributed by atoms with Crippen LogP contribution in [0.5, 0.6) is 0 Å². The molecule has 1 aromatic carbocycles. The lowest BCUT2D eigenvalue weighted by Gasteiger charge is -2.17. The van der Waals surface area contributed by atoms with Crippen molar-refractivity contribution in [3.8, 4) is 5.69 Å². The van der Waals surface area contributed by atoms with Crippen LogP contribution in [0.3, 0.4) is 0 Å². The van der Waals surface area contributed by atoms with Gasteiger partial charge in [-0.1, -0.05) is 30.7 Å². The second-order valence-corrected chi connectivity index (χ2v) is 9.92. The third-order valence-corrected chi connectivity index (χ3v) is 6.78. The normalized spacial score (nSPS) is 13.3. The molecule has 4 rings (SSSR count). The van der Waals surface area contributed by atoms with Gasteiger partial charge in [-0.25, -0.2) is 22.8 Å². The molecule has 1 atom stereocenters. The quantitative estimate of drug-likeness (QED) is 0.214. The summed E-state index contributed by atoms with van der Waals surface area (Å²) < 4.78 is 47.6. The van der Waals surface area contributed by atoms with Gasteiger partial charge in [-0.2, -0.15) is 5.10 Å². The molecule has 0 bridgehead atoms. The minimum atomic E-state index is -0.960. The summed E-state index contributed by atoms with van der Waals surface area (Å²) in [6, 6.07) is 7.49. The van der Waals surface area contributed by atoms with Crippen LogP contribution < -0.4 is 5.56 Å². The molecule has 4 aromatic rings. The van der Waals surface area contributed by atoms with E-state index in [-0.39, 0.29) is 27.9 Å². The third-order valence-electron chi connectivity index (χ3n) is 6.40. The highest BCUT2D eigenvalue weighted by Crippen LogP contribution is 2.27. The Balaban J connectivity index is 1.76. The molecule has 0 aliphatic heterocycles. The van der Waals surface area contributed by atoms with Crippen molar-refractivity contribution in [2.75, 3.05) is 0 Å². The molecule has 1 unspecified atom stereocenters. The lowest BCUT2D eigenvalue weighted by Crippen LogP contribution is -2.22. The molecule has 0 fully saturated rings. The number of rotatable bonds is 8. The van der Waals surface area contributed by atoms with E-state index in [0.29, 0.717) is 34.9 Å². The molecule has 0 spiro atoms. The Hall–Kier alpha value is -4.31. The Bertz CT molecular complexity index is 1760. The van der Waals surface area contributed by atoms with Crippen molar-refractivity contribution in [1.82, 2.24) is 24.3 Å². The number of halogens is 4. The number of aliphatic imine (C=N–C) groups is 1. The van der Waals surface area contributed by atoms with Gasteiger partial charge in [0.1, 0.15) is 33.9 Å². The Morgan fingerprint density at radius 1 is 1.17 bits per heavy atom. The van der Waals surface area contributed by atoms with Crippen LogP contribution in [-0.4, -0.2) is 30.0 Å². The summed E-state index contributed by atoms with van der Waals surface area (Å²) in [7, 11) is 0. The molecule has 11 heteroatoms. The van der Waals surface area contributed by atoms with E-state index in [1.165, 1.54) is 29.1 Å². The van der Waals surface area contributed by atoms with Gasteiger partial charge in [0.25, 0.3) is 5.56 Å². The SMILES string of the molecule is C/C=C/N=C(/C(F)=C/n1c(C)cc(C(C)Cc2cncc(F)c2)c(Cl)c1=O)c1cccc(-n2nc(C)nc2C)c1F. The van der Waals surface area contributed by atoms with Gasteiger partial charge >= 0.3 is 0 Å². The van der Waals surface area contributed by atoms with Crippen LogP contribution in [-0.2, 0) is 6.42 Å². The summed E-state index contributed by atoms with van der Waals surface area (Å²) in [6.45, 7) is 8.52. The average molecular weight is 581 g/mol. The average Bonchev–Trinajstić information content (AvgIpc) is 3.26. The number of nitrogens with zero attached hydrogens (tertiary/aromatic N) is 6. The summed E-state index contributed by atoms with van der Waals surface area (Å²) in [5.74, 6) is -1.52. The topological polar surface area (TPSA) is 78.0 Å². The Morgan fingerprint density at radius 2 is 1.93 bits per heavy atom. The second kappa shape index (κ2) is 12.5. The van der Waals surface area contributed by atoms with E-state index in [1.807, 2.05) is 6.92 Å². The molecule has 0 N–H and O–H groups in total. The minimum absolute atomic E-state index is 0.0739. The third kappa shape index (κ3) is 6.38. The maximum Gasteiger partial charge on any atom is 0.273 e. The number of aryl methyl sites for hydroxylation is 3. The highest BCUT2D eigenvalue weighted by atomic mass is 35.5. The van der Waals surface area contributed by atoms with Crippen LogP contribution in [0.15, 0.2) is 70.6 Å². The largest absolute Gasteiger partial charge is 0.284 e. The van der Waals surface area contributed by atoms with Gasteiger partial charge in [0.05, 0.1) is 12.4 Å². The van der Waals surface area contributed by atoms with E-state index in [0.717, 1.165) is 17.0 Å². The molecule has 41 heavy (non-hydrogen) atoms. The van der Waals surface area contributed by atoms with E-state index in [1.54, 1.807) is 52.1 Å². The van der Waals surface area contributed by atoms with Gasteiger partial charge in [0.2, 0.25) is 0 Å². The van der Waals surface area contributed by atoms with Crippen LogP contribution in [0.25, 0.3) is 11.9 Å². The van der Waals surface area contributed by atoms with Crippen LogP contribution in [0.2, 0.25) is 5.02 Å². The fraction of sp³-hybridized carbons (Fsp3) is 0.233. The molecule has 0 aliphatic rings. The molecular formula is C30H28ClF3N6O. The van der Waals surface area contributed by atoms with Crippen molar-refractivity contribution in [2.24, 2.45) is 4.99 Å². The van der Waals surface area contributed by atoms with Crippen molar-refractivity contribution in [3.63, 3.8) is 0 Å². The number of pyridine rings is 2. The zero-order valence-electron chi connectivity index (χ0n) is 23.2. The lowest BCUT2D eigenvalue weighted by molar-refractivity contribution is 0.603. The smallest absolute Gasteiger partial charge is 0.273 e. The highest BCUT2D eigenvalue weighted by Gasteiger charge is 2.22. The first-order chi connectivity index (χ1) is 19.5. The number of benzene rings is 1. The standard InChI is InChI=1S/C30H28ClF3N6O/c1-6-10-36-29(23-8-7-9-26(28(23)34)40-20(5)37-19(4)38-40)25(33)16-39-18(3)12-24(27(31)30(39)41)17(2)11-21-13-22(32)15-35-14-21/h6-10,12-17H,11H2,1-5H3/b10-6+,25-16-,36-29+. The minimum Gasteiger partial charge on any atom is -0.284 e. The molecular weight excluding hydrogens is 553 g/mol. The fourth-order valence-electron chi connectivity index (χ4n) is 4.50. The van der Waals surface area contributed by atoms with Gasteiger partial charge in [0.15, 0.2) is 11.6 Å². The number of aromatic nitrogens is 5. The molecule has 0 aliphatic carbocycles. The summed E-state index contributed by atoms with van der Waals surface area (Å²) in [6.07, 6.45) is 6.88. The number of hydrogen-bond acceptors (Lipinski definition) is 5. The molecule has 0 amide bonds. The van der Waals surface area contributed by atoms with Gasteiger partial charge in [0, 0.05) is 23.7 Å². The number of allylic oxidation sites excluding steroid dienone is 2. The maximum absolute atomic E-state index is 15.9. The van der Waals surface area contributed by atoms with E-state index < -0.39 is 23.0 Å². The Labute approximate surface area is 240 Å². The molecule has 0 saturated heterocycles. The van der Waals surface area contributed by atoms with Gasteiger partial charge in [-0.3, -0.25) is 19.3 Å². The fourth-order valence-corrected chi connectivity index (χ4v) is 4.83. The molecule has 212 valence electrons. The molecule has 3 heterocycles. The zero-order valence-corrected chi connectivity index (χ0v) is 23.9. The van der Waals surface area contributed by atoms with Crippen LogP contribution in [0.4, 0.5) is 13.2 Å². The predicted molar refractivity (Wildman–Crippen MR) is 154 cm³/mol. The Kier molecular flexibility index (Phi) is 9.02. The van der Waals surface area contributed by atoms with E-state index in [2.05, 4.69) is 20.1 Å². The van der Waals surface area contributed by atoms with Crippen LogP contribution in [0, 0.1) is 32.4 Å². The van der Waals surface area contributed by atoms with Crippen molar-refractivity contribution >= 4 is 23.5 Å². The first-order valence-corrected chi connectivity index (χ1v) is 13.2. The maximum atomic E-state index is 15.9. The molecule has 0 radical (unpaired) electrons. The zero-order chi connectivity index (χ0) is 29.8. The Morgan fingerprint density at radius 3 is 2.59 bits per heavy atom. The number of hydrogen-bond donors (Lipinski definition) is 0. The molecule has 0 saturated carbocycles.